The summed E-state index contributed by atoms with van der Waals surface area (Å²) in [6.07, 6.45) is 4.02. The fourth-order valence-corrected chi connectivity index (χ4v) is 4.00. The summed E-state index contributed by atoms with van der Waals surface area (Å²) in [5.41, 5.74) is 1.21. The summed E-state index contributed by atoms with van der Waals surface area (Å²) >= 11 is 1.78. The van der Waals surface area contributed by atoms with Crippen LogP contribution in [0.1, 0.15) is 56.2 Å². The molecule has 0 atom stereocenters. The van der Waals surface area contributed by atoms with Crippen LogP contribution >= 0.6 is 11.3 Å². The van der Waals surface area contributed by atoms with Crippen LogP contribution in [0.25, 0.3) is 0 Å². The molecule has 2 heterocycles. The summed E-state index contributed by atoms with van der Waals surface area (Å²) in [6.45, 7) is 8.78. The van der Waals surface area contributed by atoms with Crippen LogP contribution < -0.4 is 5.32 Å². The van der Waals surface area contributed by atoms with Gasteiger partial charge in [-0.15, -0.1) is 11.3 Å². The van der Waals surface area contributed by atoms with Crippen LogP contribution in [0, 0.1) is 5.92 Å². The lowest BCUT2D eigenvalue weighted by Crippen LogP contribution is -2.34. The van der Waals surface area contributed by atoms with E-state index in [1.807, 2.05) is 0 Å². The zero-order valence-corrected chi connectivity index (χ0v) is 16.0. The van der Waals surface area contributed by atoms with Crippen LogP contribution in [-0.2, 0) is 16.1 Å². The van der Waals surface area contributed by atoms with Crippen LogP contribution in [0.15, 0.2) is 5.38 Å². The Labute approximate surface area is 149 Å². The van der Waals surface area contributed by atoms with Gasteiger partial charge in [-0.05, 0) is 44.2 Å². The van der Waals surface area contributed by atoms with E-state index >= 15 is 0 Å². The average Bonchev–Trinajstić information content (AvgIpc) is 3.03. The quantitative estimate of drug-likeness (QED) is 0.693. The second-order valence-electron chi connectivity index (χ2n) is 6.92. The minimum absolute atomic E-state index is 0.151. The molecule has 0 saturated carbocycles. The smallest absolute Gasteiger partial charge is 0.220 e. The number of nitrogens with one attached hydrogen (secondary N) is 1. The van der Waals surface area contributed by atoms with Crippen LogP contribution in [0.3, 0.4) is 0 Å². The first-order valence-electron chi connectivity index (χ1n) is 9.00. The third kappa shape index (κ3) is 6.49. The number of hydrogen-bond donors (Lipinski definition) is 1. The highest BCUT2D eigenvalue weighted by molar-refractivity contribution is 7.09. The van der Waals surface area contributed by atoms with Crippen molar-refractivity contribution in [3.8, 4) is 0 Å². The number of ether oxygens (including phenoxy) is 1. The molecule has 0 aliphatic carbocycles. The van der Waals surface area contributed by atoms with Gasteiger partial charge in [-0.3, -0.25) is 9.69 Å². The van der Waals surface area contributed by atoms with Gasteiger partial charge in [-0.1, -0.05) is 13.8 Å². The van der Waals surface area contributed by atoms with Crippen molar-refractivity contribution in [3.05, 3.63) is 16.1 Å². The van der Waals surface area contributed by atoms with E-state index in [4.69, 9.17) is 9.72 Å². The predicted molar refractivity (Wildman–Crippen MR) is 98.3 cm³/mol. The lowest BCUT2D eigenvalue weighted by molar-refractivity contribution is -0.121. The summed E-state index contributed by atoms with van der Waals surface area (Å²) in [5, 5.41) is 6.32. The highest BCUT2D eigenvalue weighted by Gasteiger charge is 2.20. The molecule has 5 nitrogen and oxygen atoms in total. The van der Waals surface area contributed by atoms with Crippen molar-refractivity contribution in [1.82, 2.24) is 15.2 Å². The van der Waals surface area contributed by atoms with Crippen molar-refractivity contribution >= 4 is 17.2 Å². The van der Waals surface area contributed by atoms with E-state index in [1.54, 1.807) is 18.4 Å². The second kappa shape index (κ2) is 10.1. The van der Waals surface area contributed by atoms with E-state index in [1.165, 1.54) is 23.5 Å². The third-order valence-electron chi connectivity index (χ3n) is 4.64. The van der Waals surface area contributed by atoms with Gasteiger partial charge in [0.15, 0.2) is 0 Å². The summed E-state index contributed by atoms with van der Waals surface area (Å²) < 4.78 is 4.94. The molecule has 1 amide bonds. The van der Waals surface area contributed by atoms with Gasteiger partial charge in [0, 0.05) is 25.5 Å². The van der Waals surface area contributed by atoms with Gasteiger partial charge in [0.25, 0.3) is 0 Å². The Hall–Kier alpha value is -0.980. The third-order valence-corrected chi connectivity index (χ3v) is 5.49. The number of carbonyl (C=O) groups is 1. The number of thiazole rings is 1. The summed E-state index contributed by atoms with van der Waals surface area (Å²) in [6, 6.07) is 0. The molecule has 136 valence electrons. The number of carbonyl (C=O) groups excluding carboxylic acids is 1. The zero-order valence-electron chi connectivity index (χ0n) is 15.2. The molecule has 1 aromatic rings. The first-order valence-corrected chi connectivity index (χ1v) is 9.88. The molecule has 0 radical (unpaired) electrons. The number of amides is 1. The topological polar surface area (TPSA) is 54.5 Å². The molecule has 0 bridgehead atoms. The van der Waals surface area contributed by atoms with Crippen LogP contribution in [0.5, 0.6) is 0 Å². The molecule has 0 unspecified atom stereocenters. The Morgan fingerprint density at radius 1 is 1.46 bits per heavy atom. The van der Waals surface area contributed by atoms with E-state index in [0.717, 1.165) is 26.1 Å². The van der Waals surface area contributed by atoms with E-state index in [9.17, 15) is 4.79 Å². The zero-order chi connectivity index (χ0) is 17.4. The van der Waals surface area contributed by atoms with Gasteiger partial charge in [0.2, 0.25) is 5.91 Å². The Morgan fingerprint density at radius 2 is 2.21 bits per heavy atom. The maximum atomic E-state index is 11.7. The molecule has 1 fully saturated rings. The van der Waals surface area contributed by atoms with Gasteiger partial charge < -0.3 is 10.1 Å². The molecule has 24 heavy (non-hydrogen) atoms. The summed E-state index contributed by atoms with van der Waals surface area (Å²) in [4.78, 5) is 19.0. The van der Waals surface area contributed by atoms with Crippen molar-refractivity contribution in [3.63, 3.8) is 0 Å². The number of likely N-dealkylation sites (tertiary alicyclic amines) is 1. The monoisotopic (exact) mass is 353 g/mol. The molecule has 1 saturated heterocycles. The van der Waals surface area contributed by atoms with Gasteiger partial charge in [0.05, 0.1) is 18.8 Å². The summed E-state index contributed by atoms with van der Waals surface area (Å²) in [7, 11) is 1.65. The normalized spacial score (nSPS) is 16.7. The number of rotatable bonds is 9. The molecule has 1 aliphatic heterocycles. The predicted octanol–water partition coefficient (Wildman–Crippen LogP) is 3.02. The molecule has 0 aromatic carbocycles. The van der Waals surface area contributed by atoms with Gasteiger partial charge in [-0.2, -0.15) is 0 Å². The van der Waals surface area contributed by atoms with E-state index in [2.05, 4.69) is 29.4 Å². The fourth-order valence-electron chi connectivity index (χ4n) is 3.00. The molecule has 1 N–H and O–H groups in total. The maximum absolute atomic E-state index is 11.7. The van der Waals surface area contributed by atoms with E-state index in [0.29, 0.717) is 31.4 Å². The molecule has 1 aromatic heterocycles. The molecule has 1 aliphatic rings. The molecular weight excluding hydrogens is 322 g/mol. The number of hydrogen-bond acceptors (Lipinski definition) is 5. The fraction of sp³-hybridized carbons (Fsp3) is 0.778. The average molecular weight is 354 g/mol. The highest BCUT2D eigenvalue weighted by atomic mass is 32.1. The lowest BCUT2D eigenvalue weighted by atomic mass is 9.92. The van der Waals surface area contributed by atoms with Crippen molar-refractivity contribution in [2.24, 2.45) is 5.92 Å². The number of aromatic nitrogens is 1. The van der Waals surface area contributed by atoms with Crippen LogP contribution in [0.2, 0.25) is 0 Å². The van der Waals surface area contributed by atoms with E-state index < -0.39 is 0 Å². The Bertz CT molecular complexity index is 496. The van der Waals surface area contributed by atoms with Crippen molar-refractivity contribution in [2.45, 2.75) is 52.0 Å². The molecular formula is C18H31N3O2S. The molecule has 2 rings (SSSR count). The van der Waals surface area contributed by atoms with Crippen molar-refractivity contribution in [2.75, 3.05) is 33.4 Å². The molecule has 0 spiro atoms. The second-order valence-corrected chi connectivity index (χ2v) is 7.86. The van der Waals surface area contributed by atoms with Crippen molar-refractivity contribution < 1.29 is 9.53 Å². The first kappa shape index (κ1) is 19.3. The lowest BCUT2D eigenvalue weighted by Gasteiger charge is -2.31. The van der Waals surface area contributed by atoms with Crippen LogP contribution in [0.4, 0.5) is 0 Å². The van der Waals surface area contributed by atoms with Gasteiger partial charge in [0.1, 0.15) is 5.01 Å². The molecule has 6 heteroatoms. The van der Waals surface area contributed by atoms with Crippen molar-refractivity contribution in [1.29, 1.82) is 0 Å². The first-order chi connectivity index (χ1) is 11.6. The highest BCUT2D eigenvalue weighted by Crippen LogP contribution is 2.24. The maximum Gasteiger partial charge on any atom is 0.220 e. The van der Waals surface area contributed by atoms with Crippen LogP contribution in [-0.4, -0.2) is 49.1 Å². The Morgan fingerprint density at radius 3 is 2.83 bits per heavy atom. The van der Waals surface area contributed by atoms with E-state index in [-0.39, 0.29) is 5.91 Å². The van der Waals surface area contributed by atoms with Gasteiger partial charge in [-0.25, -0.2) is 4.98 Å². The standard InChI is InChI=1S/C18H31N3O2S/c1-14(2)16-13-24-18(20-16)12-21-9-6-15(7-10-21)4-5-17(22)19-8-11-23-3/h13-15H,4-12H2,1-3H3,(H,19,22). The number of nitrogens with zero attached hydrogens (tertiary/aromatic N) is 2. The number of methoxy groups -OCH3 is 1. The Balaban J connectivity index is 1.63. The summed E-state index contributed by atoms with van der Waals surface area (Å²) in [5.74, 6) is 1.34. The van der Waals surface area contributed by atoms with Gasteiger partial charge >= 0.3 is 0 Å². The minimum Gasteiger partial charge on any atom is -0.383 e. The SMILES string of the molecule is COCCNC(=O)CCC1CCN(Cc2nc(C(C)C)cs2)CC1. The minimum atomic E-state index is 0.151. The largest absolute Gasteiger partial charge is 0.383 e. The number of piperidine rings is 1. The Kier molecular flexibility index (Phi) is 8.15.